The lowest BCUT2D eigenvalue weighted by molar-refractivity contribution is 0.137. The summed E-state index contributed by atoms with van der Waals surface area (Å²) < 4.78 is 5.93. The van der Waals surface area contributed by atoms with Crippen LogP contribution in [-0.2, 0) is 0 Å². The zero-order valence-corrected chi connectivity index (χ0v) is 13.2. The van der Waals surface area contributed by atoms with Gasteiger partial charge in [-0.05, 0) is 57.9 Å². The number of nitrogens with zero attached hydrogens (tertiary/aromatic N) is 1. The molecule has 0 aromatic heterocycles. The van der Waals surface area contributed by atoms with Crippen LogP contribution in [0.2, 0.25) is 0 Å². The molecule has 2 aliphatic rings. The number of fused-ring (bicyclic) bond motifs is 1. The predicted molar refractivity (Wildman–Crippen MR) is 85.0 cm³/mol. The highest BCUT2D eigenvalue weighted by Crippen LogP contribution is 2.37. The van der Waals surface area contributed by atoms with Crippen molar-refractivity contribution in [2.45, 2.75) is 57.9 Å². The van der Waals surface area contributed by atoms with Gasteiger partial charge in [0.2, 0.25) is 0 Å². The maximum absolute atomic E-state index is 10.6. The first kappa shape index (κ1) is 14.7. The monoisotopic (exact) mass is 290 g/mol. The highest BCUT2D eigenvalue weighted by molar-refractivity contribution is 5.62. The number of hydrogen-bond donors (Lipinski definition) is 2. The molecule has 21 heavy (non-hydrogen) atoms. The van der Waals surface area contributed by atoms with E-state index in [9.17, 15) is 5.11 Å². The van der Waals surface area contributed by atoms with Crippen LogP contribution in [0.15, 0.2) is 18.2 Å². The fourth-order valence-electron chi connectivity index (χ4n) is 3.37. The van der Waals surface area contributed by atoms with Gasteiger partial charge in [-0.15, -0.1) is 0 Å². The van der Waals surface area contributed by atoms with Gasteiger partial charge in [-0.25, -0.2) is 0 Å². The molecule has 0 spiro atoms. The van der Waals surface area contributed by atoms with Gasteiger partial charge in [0, 0.05) is 12.1 Å². The third-order valence-electron chi connectivity index (χ3n) is 4.52. The molecule has 2 aliphatic heterocycles. The topological polar surface area (TPSA) is 44.7 Å². The van der Waals surface area contributed by atoms with Gasteiger partial charge in [0.05, 0.1) is 18.3 Å². The molecule has 2 N–H and O–H groups in total. The van der Waals surface area contributed by atoms with Crippen molar-refractivity contribution in [3.05, 3.63) is 23.8 Å². The summed E-state index contributed by atoms with van der Waals surface area (Å²) in [4.78, 5) is 2.36. The van der Waals surface area contributed by atoms with E-state index in [1.807, 2.05) is 12.1 Å². The molecule has 3 unspecified atom stereocenters. The van der Waals surface area contributed by atoms with Crippen LogP contribution in [0.1, 0.15) is 45.3 Å². The van der Waals surface area contributed by atoms with Crippen LogP contribution in [0.25, 0.3) is 0 Å². The molecule has 116 valence electrons. The van der Waals surface area contributed by atoms with Gasteiger partial charge < -0.3 is 20.1 Å². The minimum absolute atomic E-state index is 0.180. The minimum atomic E-state index is -0.439. The summed E-state index contributed by atoms with van der Waals surface area (Å²) in [5.41, 5.74) is 2.09. The second-order valence-electron chi connectivity index (χ2n) is 6.55. The average Bonchev–Trinajstić information content (AvgIpc) is 2.99. The van der Waals surface area contributed by atoms with Crippen molar-refractivity contribution in [2.24, 2.45) is 0 Å². The third-order valence-corrected chi connectivity index (χ3v) is 4.52. The first-order valence-electron chi connectivity index (χ1n) is 8.05. The van der Waals surface area contributed by atoms with Crippen LogP contribution in [-0.4, -0.2) is 36.4 Å². The second-order valence-corrected chi connectivity index (χ2v) is 6.55. The lowest BCUT2D eigenvalue weighted by Crippen LogP contribution is -2.42. The summed E-state index contributed by atoms with van der Waals surface area (Å²) in [6, 6.07) is 6.71. The standard InChI is InChI=1S/C17H26N2O2/c1-11(2)19-10-12(3)21-16-7-6-13(9-15(16)19)17(20)14-5-4-8-18-14/h6-7,9,11-12,14,17-18,20H,4-5,8,10H2,1-3H3. The molecule has 2 heterocycles. The minimum Gasteiger partial charge on any atom is -0.487 e. The molecular formula is C17H26N2O2. The molecule has 0 saturated carbocycles. The molecule has 0 bridgehead atoms. The third kappa shape index (κ3) is 2.87. The molecule has 1 aromatic carbocycles. The van der Waals surface area contributed by atoms with E-state index in [-0.39, 0.29) is 12.1 Å². The van der Waals surface area contributed by atoms with Crippen LogP contribution in [0, 0.1) is 0 Å². The molecule has 4 heteroatoms. The second kappa shape index (κ2) is 5.85. The Kier molecular flexibility index (Phi) is 4.09. The molecular weight excluding hydrogens is 264 g/mol. The fraction of sp³-hybridized carbons (Fsp3) is 0.647. The molecule has 3 rings (SSSR count). The summed E-state index contributed by atoms with van der Waals surface area (Å²) in [6.07, 6.45) is 1.95. The zero-order chi connectivity index (χ0) is 15.0. The molecule has 0 radical (unpaired) electrons. The van der Waals surface area contributed by atoms with Crippen LogP contribution < -0.4 is 15.0 Å². The van der Waals surface area contributed by atoms with Crippen molar-refractivity contribution in [1.82, 2.24) is 5.32 Å². The summed E-state index contributed by atoms with van der Waals surface area (Å²) in [7, 11) is 0. The fourth-order valence-corrected chi connectivity index (χ4v) is 3.37. The number of ether oxygens (including phenoxy) is 1. The van der Waals surface area contributed by atoms with Gasteiger partial charge in [0.25, 0.3) is 0 Å². The first-order chi connectivity index (χ1) is 10.1. The lowest BCUT2D eigenvalue weighted by Gasteiger charge is -2.38. The quantitative estimate of drug-likeness (QED) is 0.897. The Morgan fingerprint density at radius 2 is 2.19 bits per heavy atom. The number of anilines is 1. The van der Waals surface area contributed by atoms with Crippen LogP contribution >= 0.6 is 0 Å². The van der Waals surface area contributed by atoms with E-state index in [0.29, 0.717) is 6.04 Å². The number of nitrogens with one attached hydrogen (secondary N) is 1. The molecule has 4 nitrogen and oxygen atoms in total. The first-order valence-corrected chi connectivity index (χ1v) is 8.05. The number of rotatable bonds is 3. The van der Waals surface area contributed by atoms with Crippen molar-refractivity contribution in [3.63, 3.8) is 0 Å². The number of aliphatic hydroxyl groups is 1. The smallest absolute Gasteiger partial charge is 0.143 e. The van der Waals surface area contributed by atoms with E-state index >= 15 is 0 Å². The zero-order valence-electron chi connectivity index (χ0n) is 13.2. The van der Waals surface area contributed by atoms with Crippen molar-refractivity contribution in [2.75, 3.05) is 18.0 Å². The molecule has 1 fully saturated rings. The van der Waals surface area contributed by atoms with Gasteiger partial charge in [0.1, 0.15) is 11.9 Å². The molecule has 0 aliphatic carbocycles. The van der Waals surface area contributed by atoms with Crippen molar-refractivity contribution in [3.8, 4) is 5.75 Å². The number of hydrogen-bond acceptors (Lipinski definition) is 4. The van der Waals surface area contributed by atoms with Gasteiger partial charge in [-0.3, -0.25) is 0 Å². The molecule has 1 aromatic rings. The summed E-state index contributed by atoms with van der Waals surface area (Å²) in [6.45, 7) is 8.40. The van der Waals surface area contributed by atoms with Gasteiger partial charge >= 0.3 is 0 Å². The Labute approximate surface area is 127 Å². The van der Waals surface area contributed by atoms with Crippen LogP contribution in [0.4, 0.5) is 5.69 Å². The Bertz CT molecular complexity index is 498. The Morgan fingerprint density at radius 3 is 2.86 bits per heavy atom. The van der Waals surface area contributed by atoms with E-state index in [1.165, 1.54) is 0 Å². The maximum Gasteiger partial charge on any atom is 0.143 e. The lowest BCUT2D eigenvalue weighted by atomic mass is 9.99. The van der Waals surface area contributed by atoms with Gasteiger partial charge in [0.15, 0.2) is 0 Å². The van der Waals surface area contributed by atoms with E-state index in [1.54, 1.807) is 0 Å². The Morgan fingerprint density at radius 1 is 1.38 bits per heavy atom. The SMILES string of the molecule is CC1CN(C(C)C)c2cc(C(O)C3CCCN3)ccc2O1. The molecule has 0 amide bonds. The normalized spacial score (nSPS) is 26.6. The van der Waals surface area contributed by atoms with E-state index in [2.05, 4.69) is 37.1 Å². The Hall–Kier alpha value is -1.26. The van der Waals surface area contributed by atoms with Crippen LogP contribution in [0.3, 0.4) is 0 Å². The summed E-state index contributed by atoms with van der Waals surface area (Å²) in [5, 5.41) is 14.0. The van der Waals surface area contributed by atoms with E-state index < -0.39 is 6.10 Å². The van der Waals surface area contributed by atoms with E-state index in [4.69, 9.17) is 4.74 Å². The van der Waals surface area contributed by atoms with E-state index in [0.717, 1.165) is 42.9 Å². The maximum atomic E-state index is 10.6. The van der Waals surface area contributed by atoms with Crippen molar-refractivity contribution >= 4 is 5.69 Å². The van der Waals surface area contributed by atoms with Crippen molar-refractivity contribution in [1.29, 1.82) is 0 Å². The van der Waals surface area contributed by atoms with Gasteiger partial charge in [-0.2, -0.15) is 0 Å². The summed E-state index contributed by atoms with van der Waals surface area (Å²) >= 11 is 0. The molecule has 3 atom stereocenters. The van der Waals surface area contributed by atoms with Gasteiger partial charge in [-0.1, -0.05) is 6.07 Å². The van der Waals surface area contributed by atoms with Crippen molar-refractivity contribution < 1.29 is 9.84 Å². The highest BCUT2D eigenvalue weighted by atomic mass is 16.5. The Balaban J connectivity index is 1.90. The van der Waals surface area contributed by atoms with Crippen LogP contribution in [0.5, 0.6) is 5.75 Å². The average molecular weight is 290 g/mol. The largest absolute Gasteiger partial charge is 0.487 e. The number of benzene rings is 1. The molecule has 1 saturated heterocycles. The number of aliphatic hydroxyl groups excluding tert-OH is 1. The summed E-state index contributed by atoms with van der Waals surface area (Å²) in [5.74, 6) is 0.929. The highest BCUT2D eigenvalue weighted by Gasteiger charge is 2.28. The predicted octanol–water partition coefficient (Wildman–Crippen LogP) is 2.47.